The Kier molecular flexibility index (Phi) is 5.34. The van der Waals surface area contributed by atoms with Crippen molar-refractivity contribution in [3.8, 4) is 0 Å². The lowest BCUT2D eigenvalue weighted by molar-refractivity contribution is 1.01. The van der Waals surface area contributed by atoms with Crippen molar-refractivity contribution in [2.75, 3.05) is 16.0 Å². The number of anilines is 5. The molecular weight excluding hydrogens is 350 g/mol. The molecule has 0 amide bonds. The first-order valence-electron chi connectivity index (χ1n) is 8.88. The van der Waals surface area contributed by atoms with Gasteiger partial charge in [-0.2, -0.15) is 15.0 Å². The van der Waals surface area contributed by atoms with Crippen LogP contribution in [0, 0.1) is 0 Å². The number of para-hydroxylation sites is 2. The van der Waals surface area contributed by atoms with Gasteiger partial charge in [0.1, 0.15) is 0 Å². The fourth-order valence-corrected chi connectivity index (χ4v) is 2.55. The molecule has 2 heterocycles. The van der Waals surface area contributed by atoms with Crippen LogP contribution in [0.15, 0.2) is 85.2 Å². The lowest BCUT2D eigenvalue weighted by Gasteiger charge is -2.11. The molecule has 0 bridgehead atoms. The molecule has 0 saturated heterocycles. The number of aromatic nitrogens is 4. The Morgan fingerprint density at radius 3 is 1.71 bits per heavy atom. The van der Waals surface area contributed by atoms with Crippen molar-refractivity contribution < 1.29 is 0 Å². The highest BCUT2D eigenvalue weighted by Gasteiger charge is 2.08. The summed E-state index contributed by atoms with van der Waals surface area (Å²) in [6.07, 6.45) is 3.55. The van der Waals surface area contributed by atoms with Gasteiger partial charge in [0.15, 0.2) is 0 Å². The first kappa shape index (κ1) is 17.4. The Balaban J connectivity index is 1.58. The first-order chi connectivity index (χ1) is 13.8. The average molecular weight is 369 g/mol. The van der Waals surface area contributed by atoms with Crippen LogP contribution in [0.3, 0.4) is 0 Å². The lowest BCUT2D eigenvalue weighted by atomic mass is 10.3. The highest BCUT2D eigenvalue weighted by molar-refractivity contribution is 5.59. The highest BCUT2D eigenvalue weighted by atomic mass is 15.3. The van der Waals surface area contributed by atoms with E-state index in [1.165, 1.54) is 0 Å². The van der Waals surface area contributed by atoms with E-state index >= 15 is 0 Å². The molecular formula is C21H19N7. The third-order valence-electron chi connectivity index (χ3n) is 3.87. The van der Waals surface area contributed by atoms with Gasteiger partial charge in [-0.1, -0.05) is 42.5 Å². The van der Waals surface area contributed by atoms with Gasteiger partial charge in [-0.05, 0) is 35.9 Å². The summed E-state index contributed by atoms with van der Waals surface area (Å²) < 4.78 is 0. The monoisotopic (exact) mass is 369 g/mol. The van der Waals surface area contributed by atoms with Crippen LogP contribution in [-0.2, 0) is 6.54 Å². The molecule has 7 heteroatoms. The van der Waals surface area contributed by atoms with Crippen molar-refractivity contribution in [1.82, 2.24) is 19.9 Å². The van der Waals surface area contributed by atoms with E-state index < -0.39 is 0 Å². The van der Waals surface area contributed by atoms with Crippen LogP contribution in [0.25, 0.3) is 0 Å². The fourth-order valence-electron chi connectivity index (χ4n) is 2.55. The lowest BCUT2D eigenvalue weighted by Crippen LogP contribution is -2.09. The molecule has 2 aromatic carbocycles. The number of hydrogen-bond donors (Lipinski definition) is 3. The zero-order chi connectivity index (χ0) is 19.0. The van der Waals surface area contributed by atoms with Crippen molar-refractivity contribution in [2.45, 2.75) is 6.54 Å². The SMILES string of the molecule is c1ccc(Nc2nc(NCc3cccnc3)nc(Nc3ccccc3)n2)cc1. The summed E-state index contributed by atoms with van der Waals surface area (Å²) >= 11 is 0. The van der Waals surface area contributed by atoms with Crippen molar-refractivity contribution in [1.29, 1.82) is 0 Å². The van der Waals surface area contributed by atoms with E-state index in [1.807, 2.05) is 72.8 Å². The smallest absolute Gasteiger partial charge is 0.233 e. The van der Waals surface area contributed by atoms with Gasteiger partial charge in [0, 0.05) is 30.3 Å². The van der Waals surface area contributed by atoms with E-state index in [-0.39, 0.29) is 0 Å². The van der Waals surface area contributed by atoms with Crippen molar-refractivity contribution in [2.24, 2.45) is 0 Å². The normalized spacial score (nSPS) is 10.3. The molecule has 0 atom stereocenters. The van der Waals surface area contributed by atoms with E-state index in [9.17, 15) is 0 Å². The predicted octanol–water partition coefficient (Wildman–Crippen LogP) is 4.37. The molecule has 0 unspecified atom stereocenters. The van der Waals surface area contributed by atoms with Crippen LogP contribution < -0.4 is 16.0 Å². The van der Waals surface area contributed by atoms with E-state index in [2.05, 4.69) is 35.9 Å². The van der Waals surface area contributed by atoms with Crippen LogP contribution in [0.4, 0.5) is 29.2 Å². The summed E-state index contributed by atoms with van der Waals surface area (Å²) in [5.74, 6) is 1.37. The second-order valence-corrected chi connectivity index (χ2v) is 6.00. The van der Waals surface area contributed by atoms with Crippen LogP contribution in [0.1, 0.15) is 5.56 Å². The second kappa shape index (κ2) is 8.59. The molecule has 28 heavy (non-hydrogen) atoms. The summed E-state index contributed by atoms with van der Waals surface area (Å²) in [4.78, 5) is 17.6. The Bertz CT molecular complexity index is 949. The van der Waals surface area contributed by atoms with Crippen LogP contribution in [-0.4, -0.2) is 19.9 Å². The molecule has 0 spiro atoms. The molecule has 0 aliphatic heterocycles. The van der Waals surface area contributed by atoms with E-state index in [0.717, 1.165) is 16.9 Å². The maximum atomic E-state index is 4.48. The Hall–Kier alpha value is -4.00. The van der Waals surface area contributed by atoms with Crippen LogP contribution >= 0.6 is 0 Å². The molecule has 0 aliphatic carbocycles. The molecule has 3 N–H and O–H groups in total. The summed E-state index contributed by atoms with van der Waals surface area (Å²) in [7, 11) is 0. The van der Waals surface area contributed by atoms with Gasteiger partial charge in [0.05, 0.1) is 0 Å². The van der Waals surface area contributed by atoms with Crippen molar-refractivity contribution in [3.05, 3.63) is 90.8 Å². The van der Waals surface area contributed by atoms with Gasteiger partial charge in [-0.15, -0.1) is 0 Å². The maximum absolute atomic E-state index is 4.48. The molecule has 7 nitrogen and oxygen atoms in total. The first-order valence-corrected chi connectivity index (χ1v) is 8.88. The third kappa shape index (κ3) is 4.79. The number of nitrogens with zero attached hydrogens (tertiary/aromatic N) is 4. The van der Waals surface area contributed by atoms with E-state index in [4.69, 9.17) is 0 Å². The summed E-state index contributed by atoms with van der Waals surface area (Å²) in [5.41, 5.74) is 2.84. The predicted molar refractivity (Wildman–Crippen MR) is 111 cm³/mol. The summed E-state index contributed by atoms with van der Waals surface area (Å²) in [5, 5.41) is 9.66. The fraction of sp³-hybridized carbons (Fsp3) is 0.0476. The van der Waals surface area contributed by atoms with Crippen molar-refractivity contribution in [3.63, 3.8) is 0 Å². The van der Waals surface area contributed by atoms with Gasteiger partial charge < -0.3 is 16.0 Å². The summed E-state index contributed by atoms with van der Waals surface area (Å²) in [6.45, 7) is 0.563. The Morgan fingerprint density at radius 2 is 1.18 bits per heavy atom. The van der Waals surface area contributed by atoms with Gasteiger partial charge in [-0.3, -0.25) is 4.98 Å². The minimum absolute atomic E-state index is 0.452. The zero-order valence-electron chi connectivity index (χ0n) is 15.1. The standard InChI is InChI=1S/C21H19N7/c1-3-9-17(10-4-1)24-20-26-19(23-15-16-8-7-13-22-14-16)27-21(28-20)25-18-11-5-2-6-12-18/h1-14H,15H2,(H3,23,24,25,26,27,28). The van der Waals surface area contributed by atoms with Gasteiger partial charge in [0.2, 0.25) is 17.8 Å². The van der Waals surface area contributed by atoms with Gasteiger partial charge in [-0.25, -0.2) is 0 Å². The molecule has 2 aromatic heterocycles. The molecule has 0 aliphatic rings. The van der Waals surface area contributed by atoms with Crippen LogP contribution in [0.2, 0.25) is 0 Å². The zero-order valence-corrected chi connectivity index (χ0v) is 15.1. The topological polar surface area (TPSA) is 87.7 Å². The van der Waals surface area contributed by atoms with Gasteiger partial charge >= 0.3 is 0 Å². The van der Waals surface area contributed by atoms with Crippen molar-refractivity contribution >= 4 is 29.2 Å². The van der Waals surface area contributed by atoms with E-state index in [0.29, 0.717) is 24.4 Å². The molecule has 0 saturated carbocycles. The van der Waals surface area contributed by atoms with Gasteiger partial charge in [0.25, 0.3) is 0 Å². The molecule has 0 fully saturated rings. The maximum Gasteiger partial charge on any atom is 0.233 e. The number of rotatable bonds is 7. The average Bonchev–Trinajstić information content (AvgIpc) is 2.74. The molecule has 0 radical (unpaired) electrons. The largest absolute Gasteiger partial charge is 0.350 e. The third-order valence-corrected chi connectivity index (χ3v) is 3.87. The van der Waals surface area contributed by atoms with Crippen LogP contribution in [0.5, 0.6) is 0 Å². The second-order valence-electron chi connectivity index (χ2n) is 6.00. The number of pyridine rings is 1. The molecule has 138 valence electrons. The Morgan fingerprint density at radius 1 is 0.607 bits per heavy atom. The minimum atomic E-state index is 0.452. The molecule has 4 aromatic rings. The quantitative estimate of drug-likeness (QED) is 0.446. The number of benzene rings is 2. The number of hydrogen-bond acceptors (Lipinski definition) is 7. The number of nitrogens with one attached hydrogen (secondary N) is 3. The Labute approximate surface area is 162 Å². The molecule has 4 rings (SSSR count). The van der Waals surface area contributed by atoms with E-state index in [1.54, 1.807) is 12.4 Å². The minimum Gasteiger partial charge on any atom is -0.350 e. The highest BCUT2D eigenvalue weighted by Crippen LogP contribution is 2.18. The summed E-state index contributed by atoms with van der Waals surface area (Å²) in [6, 6.07) is 23.4.